The highest BCUT2D eigenvalue weighted by Gasteiger charge is 2.31. The molecule has 0 bridgehead atoms. The Morgan fingerprint density at radius 2 is 1.56 bits per heavy atom. The molecule has 0 aliphatic carbocycles. The van der Waals surface area contributed by atoms with Gasteiger partial charge in [-0.15, -0.1) is 0 Å². The van der Waals surface area contributed by atoms with E-state index in [4.69, 9.17) is 9.47 Å². The van der Waals surface area contributed by atoms with Gasteiger partial charge in [0.25, 0.3) is 11.8 Å². The lowest BCUT2D eigenvalue weighted by atomic mass is 10.1. The lowest BCUT2D eigenvalue weighted by molar-refractivity contribution is 0.0950. The number of benzene rings is 4. The van der Waals surface area contributed by atoms with E-state index in [1.54, 1.807) is 61.6 Å². The van der Waals surface area contributed by atoms with Crippen LogP contribution in [0.4, 0.5) is 5.69 Å². The first-order chi connectivity index (χ1) is 19.0. The van der Waals surface area contributed by atoms with Crippen LogP contribution in [-0.2, 0) is 23.8 Å². The quantitative estimate of drug-likeness (QED) is 0.340. The molecule has 39 heavy (non-hydrogen) atoms. The second kappa shape index (κ2) is 11.5. The van der Waals surface area contributed by atoms with E-state index < -0.39 is 10.8 Å². The van der Waals surface area contributed by atoms with Crippen molar-refractivity contribution >= 4 is 28.3 Å². The summed E-state index contributed by atoms with van der Waals surface area (Å²) in [5.41, 5.74) is 3.15. The van der Waals surface area contributed by atoms with Gasteiger partial charge in [-0.05, 0) is 60.0 Å². The summed E-state index contributed by atoms with van der Waals surface area (Å²) in [5.74, 6) is 0.735. The van der Waals surface area contributed by atoms with Gasteiger partial charge in [0.05, 0.1) is 52.6 Å². The Hall–Kier alpha value is -4.43. The van der Waals surface area contributed by atoms with Gasteiger partial charge in [0.15, 0.2) is 11.5 Å². The highest BCUT2D eigenvalue weighted by molar-refractivity contribution is 7.85. The van der Waals surface area contributed by atoms with Crippen molar-refractivity contribution < 1.29 is 23.3 Å². The molecule has 5 rings (SSSR count). The number of carbonyl (C=O) groups excluding carboxylic acids is 2. The third kappa shape index (κ3) is 5.42. The Kier molecular flexibility index (Phi) is 7.74. The summed E-state index contributed by atoms with van der Waals surface area (Å²) in [7, 11) is 1.59. The first-order valence-corrected chi connectivity index (χ1v) is 13.6. The highest BCUT2D eigenvalue weighted by Crippen LogP contribution is 2.36. The van der Waals surface area contributed by atoms with Crippen LogP contribution in [0.1, 0.15) is 31.8 Å². The van der Waals surface area contributed by atoms with E-state index in [1.165, 1.54) is 0 Å². The molecule has 4 aromatic carbocycles. The summed E-state index contributed by atoms with van der Waals surface area (Å²) in [6.45, 7) is 0.679. The Morgan fingerprint density at radius 3 is 2.33 bits per heavy atom. The topological polar surface area (TPSA) is 84.9 Å². The van der Waals surface area contributed by atoms with E-state index >= 15 is 0 Å². The maximum atomic E-state index is 13.7. The van der Waals surface area contributed by atoms with E-state index in [0.717, 1.165) is 11.1 Å². The molecule has 1 aliphatic heterocycles. The average molecular weight is 541 g/mol. The summed E-state index contributed by atoms with van der Waals surface area (Å²) in [5, 5.41) is 2.95. The molecule has 0 saturated carbocycles. The number of nitrogens with one attached hydrogen (secondary N) is 1. The summed E-state index contributed by atoms with van der Waals surface area (Å²) in [6, 6.07) is 27.2. The zero-order valence-corrected chi connectivity index (χ0v) is 22.5. The predicted molar refractivity (Wildman–Crippen MR) is 150 cm³/mol. The normalized spacial score (nSPS) is 14.2. The zero-order valence-electron chi connectivity index (χ0n) is 21.7. The lowest BCUT2D eigenvalue weighted by Gasteiger charge is -2.23. The molecule has 198 valence electrons. The van der Waals surface area contributed by atoms with Crippen LogP contribution in [0.15, 0.2) is 101 Å². The van der Waals surface area contributed by atoms with Gasteiger partial charge in [-0.25, -0.2) is 4.21 Å². The molecule has 1 aliphatic rings. The summed E-state index contributed by atoms with van der Waals surface area (Å²) in [6.07, 6.45) is 0.592. The smallest absolute Gasteiger partial charge is 0.259 e. The number of ether oxygens (including phenoxy) is 2. The number of anilines is 1. The molecule has 1 N–H and O–H groups in total. The fraction of sp³-hybridized carbons (Fsp3) is 0.161. The molecule has 2 amide bonds. The monoisotopic (exact) mass is 540 g/mol. The van der Waals surface area contributed by atoms with Crippen LogP contribution in [0.3, 0.4) is 0 Å². The number of carbonyl (C=O) groups is 2. The molecule has 4 aromatic rings. The van der Waals surface area contributed by atoms with Crippen LogP contribution in [0.2, 0.25) is 0 Å². The van der Waals surface area contributed by atoms with Gasteiger partial charge in [0, 0.05) is 12.1 Å². The minimum Gasteiger partial charge on any atom is -0.493 e. The van der Waals surface area contributed by atoms with Crippen molar-refractivity contribution in [3.63, 3.8) is 0 Å². The minimum absolute atomic E-state index is 0.257. The van der Waals surface area contributed by atoms with Gasteiger partial charge in [-0.1, -0.05) is 48.5 Å². The number of hydrogen-bond acceptors (Lipinski definition) is 5. The molecule has 0 aromatic heterocycles. The number of amides is 2. The zero-order chi connectivity index (χ0) is 27.4. The van der Waals surface area contributed by atoms with Crippen molar-refractivity contribution in [2.75, 3.05) is 25.7 Å². The van der Waals surface area contributed by atoms with E-state index in [1.807, 2.05) is 48.5 Å². The van der Waals surface area contributed by atoms with Gasteiger partial charge in [0.1, 0.15) is 0 Å². The van der Waals surface area contributed by atoms with Crippen molar-refractivity contribution in [3.05, 3.63) is 113 Å². The van der Waals surface area contributed by atoms with Gasteiger partial charge in [-0.2, -0.15) is 0 Å². The number of hydrogen-bond donors (Lipinski definition) is 1. The molecule has 0 fully saturated rings. The largest absolute Gasteiger partial charge is 0.493 e. The van der Waals surface area contributed by atoms with Gasteiger partial charge in [0.2, 0.25) is 0 Å². The second-order valence-electron chi connectivity index (χ2n) is 9.02. The van der Waals surface area contributed by atoms with Crippen molar-refractivity contribution in [1.82, 2.24) is 5.32 Å². The fourth-order valence-electron chi connectivity index (χ4n) is 4.59. The number of methoxy groups -OCH3 is 2. The first-order valence-electron chi connectivity index (χ1n) is 12.5. The summed E-state index contributed by atoms with van der Waals surface area (Å²) < 4.78 is 24.2. The molecule has 0 radical (unpaired) electrons. The molecule has 1 heterocycles. The lowest BCUT2D eigenvalue weighted by Crippen LogP contribution is -2.31. The highest BCUT2D eigenvalue weighted by atomic mass is 32.2. The van der Waals surface area contributed by atoms with Crippen LogP contribution in [0.5, 0.6) is 11.5 Å². The molecular weight excluding hydrogens is 512 g/mol. The van der Waals surface area contributed by atoms with Crippen LogP contribution >= 0.6 is 0 Å². The minimum atomic E-state index is -1.58. The molecule has 8 heteroatoms. The second-order valence-corrected chi connectivity index (χ2v) is 10.4. The van der Waals surface area contributed by atoms with Gasteiger partial charge in [-0.3, -0.25) is 9.59 Å². The number of nitrogens with zero attached hydrogens (tertiary/aromatic N) is 1. The maximum absolute atomic E-state index is 13.7. The van der Waals surface area contributed by atoms with Crippen molar-refractivity contribution in [3.8, 4) is 11.5 Å². The molecular formula is C31H28N2O5S. The van der Waals surface area contributed by atoms with Gasteiger partial charge < -0.3 is 19.7 Å². The van der Waals surface area contributed by atoms with Crippen LogP contribution in [0.25, 0.3) is 0 Å². The van der Waals surface area contributed by atoms with Crippen molar-refractivity contribution in [2.24, 2.45) is 0 Å². The van der Waals surface area contributed by atoms with E-state index in [9.17, 15) is 13.8 Å². The number of rotatable bonds is 8. The molecule has 7 nitrogen and oxygen atoms in total. The Bertz CT molecular complexity index is 1550. The van der Waals surface area contributed by atoms with E-state index in [-0.39, 0.29) is 18.4 Å². The Labute approximate surface area is 229 Å². The average Bonchev–Trinajstić information content (AvgIpc) is 3.06. The third-order valence-corrected chi connectivity index (χ3v) is 8.10. The van der Waals surface area contributed by atoms with Crippen molar-refractivity contribution in [1.29, 1.82) is 0 Å². The van der Waals surface area contributed by atoms with E-state index in [0.29, 0.717) is 51.1 Å². The van der Waals surface area contributed by atoms with E-state index in [2.05, 4.69) is 5.32 Å². The summed E-state index contributed by atoms with van der Waals surface area (Å²) in [4.78, 5) is 29.4. The van der Waals surface area contributed by atoms with Crippen LogP contribution in [-0.4, -0.2) is 36.8 Å². The fourth-order valence-corrected chi connectivity index (χ4v) is 5.93. The Balaban J connectivity index is 1.41. The molecule has 0 saturated heterocycles. The molecule has 0 spiro atoms. The molecule has 1 atom stereocenters. The standard InChI is InChI=1S/C31H28N2O5S/c1-37-26-14-12-21(18-27(26)38-2)16-17-32-30(34)23-13-15-29-25(19-23)33(20-22-8-4-3-5-9-22)31(35)24-10-6-7-11-28(24)39(29)36/h3-15,18-19H,16-17,20H2,1-2H3,(H,32,34)/t39-/m0/s1. The van der Waals surface area contributed by atoms with Gasteiger partial charge >= 0.3 is 0 Å². The number of fused-ring (bicyclic) bond motifs is 2. The summed E-state index contributed by atoms with van der Waals surface area (Å²) >= 11 is 0. The van der Waals surface area contributed by atoms with Crippen LogP contribution in [0, 0.1) is 0 Å². The van der Waals surface area contributed by atoms with Crippen molar-refractivity contribution in [2.45, 2.75) is 22.8 Å². The van der Waals surface area contributed by atoms with Crippen LogP contribution < -0.4 is 19.7 Å². The predicted octanol–water partition coefficient (Wildman–Crippen LogP) is 5.00. The molecule has 0 unspecified atom stereocenters. The Morgan fingerprint density at radius 1 is 0.821 bits per heavy atom. The first kappa shape index (κ1) is 26.2. The SMILES string of the molecule is COc1ccc(CCNC(=O)c2ccc3c(c2)N(Cc2ccccc2)C(=O)c2ccccc2[S@@]3=O)cc1OC. The third-order valence-electron chi connectivity index (χ3n) is 6.60. The maximum Gasteiger partial charge on any atom is 0.259 e.